The predicted molar refractivity (Wildman–Crippen MR) is 58.6 cm³/mol. The molecule has 1 N–H and O–H groups in total. The fourth-order valence-electron chi connectivity index (χ4n) is 1.73. The Morgan fingerprint density at radius 1 is 1.40 bits per heavy atom. The van der Waals surface area contributed by atoms with Gasteiger partial charge in [0, 0.05) is 0 Å². The number of hydrogen-bond donors (Lipinski definition) is 1. The second-order valence-electron chi connectivity index (χ2n) is 4.02. The molecule has 2 atom stereocenters. The second kappa shape index (κ2) is 6.64. The molecule has 0 bridgehead atoms. The van der Waals surface area contributed by atoms with Crippen LogP contribution in [0.3, 0.4) is 0 Å². The number of hydrogen-bond acceptors (Lipinski definition) is 3. The highest BCUT2D eigenvalue weighted by atomic mass is 31.2. The van der Waals surface area contributed by atoms with Crippen LogP contribution in [0.2, 0.25) is 0 Å². The SMILES string of the molecule is CCCCC1CCCCCOP(=O)(O)O1. The topological polar surface area (TPSA) is 55.8 Å². The van der Waals surface area contributed by atoms with Gasteiger partial charge in [0.25, 0.3) is 0 Å². The number of phosphoric ester groups is 1. The molecule has 0 spiro atoms. The minimum Gasteiger partial charge on any atom is -0.302 e. The fourth-order valence-corrected chi connectivity index (χ4v) is 2.74. The first-order valence-corrected chi connectivity index (χ1v) is 7.29. The van der Waals surface area contributed by atoms with Gasteiger partial charge in [0.15, 0.2) is 0 Å². The van der Waals surface area contributed by atoms with E-state index < -0.39 is 7.82 Å². The minimum atomic E-state index is -3.78. The Hall–Kier alpha value is 0.110. The molecule has 0 aromatic heterocycles. The second-order valence-corrected chi connectivity index (χ2v) is 5.43. The van der Waals surface area contributed by atoms with Gasteiger partial charge >= 0.3 is 7.82 Å². The van der Waals surface area contributed by atoms with Crippen molar-refractivity contribution < 1.29 is 18.5 Å². The molecule has 5 heteroatoms. The van der Waals surface area contributed by atoms with E-state index in [1.54, 1.807) is 0 Å². The molecular formula is C10H21O4P. The summed E-state index contributed by atoms with van der Waals surface area (Å²) >= 11 is 0. The van der Waals surface area contributed by atoms with Crippen LogP contribution in [0.5, 0.6) is 0 Å². The largest absolute Gasteiger partial charge is 0.472 e. The average molecular weight is 236 g/mol. The van der Waals surface area contributed by atoms with Gasteiger partial charge in [-0.1, -0.05) is 32.6 Å². The summed E-state index contributed by atoms with van der Waals surface area (Å²) in [5.74, 6) is 0. The minimum absolute atomic E-state index is 0.112. The Balaban J connectivity index is 2.47. The summed E-state index contributed by atoms with van der Waals surface area (Å²) in [6.45, 7) is 2.43. The molecule has 90 valence electrons. The molecule has 1 saturated heterocycles. The normalized spacial score (nSPS) is 34.1. The lowest BCUT2D eigenvalue weighted by Crippen LogP contribution is -2.11. The van der Waals surface area contributed by atoms with Crippen LogP contribution in [0, 0.1) is 0 Å². The van der Waals surface area contributed by atoms with Crippen molar-refractivity contribution in [3.05, 3.63) is 0 Å². The van der Waals surface area contributed by atoms with Gasteiger partial charge in [0.05, 0.1) is 12.7 Å². The lowest BCUT2D eigenvalue weighted by Gasteiger charge is -2.18. The molecule has 1 fully saturated rings. The van der Waals surface area contributed by atoms with E-state index in [0.29, 0.717) is 6.61 Å². The maximum atomic E-state index is 11.4. The molecule has 0 aromatic rings. The van der Waals surface area contributed by atoms with Gasteiger partial charge < -0.3 is 4.89 Å². The number of rotatable bonds is 3. The summed E-state index contributed by atoms with van der Waals surface area (Å²) in [6, 6.07) is 0. The third-order valence-corrected chi connectivity index (χ3v) is 3.66. The molecule has 15 heavy (non-hydrogen) atoms. The van der Waals surface area contributed by atoms with Gasteiger partial charge in [-0.25, -0.2) is 4.57 Å². The zero-order chi connectivity index (χ0) is 11.1. The van der Waals surface area contributed by atoms with E-state index in [2.05, 4.69) is 6.92 Å². The van der Waals surface area contributed by atoms with E-state index >= 15 is 0 Å². The van der Waals surface area contributed by atoms with Crippen molar-refractivity contribution in [3.63, 3.8) is 0 Å². The van der Waals surface area contributed by atoms with Crippen molar-refractivity contribution in [2.45, 2.75) is 58.0 Å². The first kappa shape index (κ1) is 13.2. The summed E-state index contributed by atoms with van der Waals surface area (Å²) in [4.78, 5) is 9.39. The highest BCUT2D eigenvalue weighted by molar-refractivity contribution is 7.47. The maximum Gasteiger partial charge on any atom is 0.472 e. The van der Waals surface area contributed by atoms with E-state index in [1.807, 2.05) is 0 Å². The molecule has 1 heterocycles. The Bertz CT molecular complexity index is 219. The summed E-state index contributed by atoms with van der Waals surface area (Å²) in [6.07, 6.45) is 6.66. The average Bonchev–Trinajstić information content (AvgIpc) is 2.25. The van der Waals surface area contributed by atoms with Crippen LogP contribution in [0.15, 0.2) is 0 Å². The first-order valence-electron chi connectivity index (χ1n) is 5.80. The molecule has 2 unspecified atom stereocenters. The third kappa shape index (κ3) is 5.67. The van der Waals surface area contributed by atoms with E-state index in [9.17, 15) is 9.46 Å². The number of unbranched alkanes of at least 4 members (excludes halogenated alkanes) is 1. The predicted octanol–water partition coefficient (Wildman–Crippen LogP) is 3.25. The van der Waals surface area contributed by atoms with Crippen LogP contribution in [0.25, 0.3) is 0 Å². The lowest BCUT2D eigenvalue weighted by molar-refractivity contribution is 0.0988. The number of phosphoric acid groups is 1. The van der Waals surface area contributed by atoms with Gasteiger partial charge in [0.1, 0.15) is 0 Å². The molecule has 1 aliphatic rings. The smallest absolute Gasteiger partial charge is 0.302 e. The molecule has 1 aliphatic heterocycles. The van der Waals surface area contributed by atoms with Crippen molar-refractivity contribution in [2.24, 2.45) is 0 Å². The van der Waals surface area contributed by atoms with Crippen molar-refractivity contribution in [1.82, 2.24) is 0 Å². The van der Waals surface area contributed by atoms with Crippen LogP contribution in [0.1, 0.15) is 51.9 Å². The summed E-state index contributed by atoms with van der Waals surface area (Å²) < 4.78 is 21.4. The first-order chi connectivity index (χ1) is 7.14. The Morgan fingerprint density at radius 3 is 2.93 bits per heavy atom. The Kier molecular flexibility index (Phi) is 5.83. The molecule has 0 saturated carbocycles. The summed E-state index contributed by atoms with van der Waals surface area (Å²) in [7, 11) is -3.78. The van der Waals surface area contributed by atoms with Crippen LogP contribution in [-0.2, 0) is 13.6 Å². The lowest BCUT2D eigenvalue weighted by atomic mass is 10.1. The maximum absolute atomic E-state index is 11.4. The standard InChI is InChI=1S/C10H21O4P/c1-2-3-7-10-8-5-4-6-9-13-15(11,12)14-10/h10H,2-9H2,1H3,(H,11,12). The van der Waals surface area contributed by atoms with E-state index in [4.69, 9.17) is 9.05 Å². The highest BCUT2D eigenvalue weighted by Gasteiger charge is 2.26. The van der Waals surface area contributed by atoms with Crippen molar-refractivity contribution >= 4 is 7.82 Å². The van der Waals surface area contributed by atoms with Gasteiger partial charge in [-0.15, -0.1) is 0 Å². The molecular weight excluding hydrogens is 215 g/mol. The molecule has 0 amide bonds. The quantitative estimate of drug-likeness (QED) is 0.764. The van der Waals surface area contributed by atoms with Gasteiger partial charge in [-0.2, -0.15) is 0 Å². The zero-order valence-electron chi connectivity index (χ0n) is 9.35. The Morgan fingerprint density at radius 2 is 2.20 bits per heavy atom. The summed E-state index contributed by atoms with van der Waals surface area (Å²) in [5, 5.41) is 0. The third-order valence-electron chi connectivity index (χ3n) is 2.59. The van der Waals surface area contributed by atoms with Crippen molar-refractivity contribution in [2.75, 3.05) is 6.61 Å². The van der Waals surface area contributed by atoms with E-state index in [1.165, 1.54) is 0 Å². The van der Waals surface area contributed by atoms with Crippen LogP contribution in [0.4, 0.5) is 0 Å². The van der Waals surface area contributed by atoms with E-state index in [-0.39, 0.29) is 6.10 Å². The van der Waals surface area contributed by atoms with Gasteiger partial charge in [-0.05, 0) is 19.3 Å². The van der Waals surface area contributed by atoms with Crippen molar-refractivity contribution in [3.8, 4) is 0 Å². The van der Waals surface area contributed by atoms with Gasteiger partial charge in [0.2, 0.25) is 0 Å². The molecule has 1 rings (SSSR count). The molecule has 4 nitrogen and oxygen atoms in total. The molecule has 0 radical (unpaired) electrons. The monoisotopic (exact) mass is 236 g/mol. The van der Waals surface area contributed by atoms with Crippen LogP contribution in [-0.4, -0.2) is 17.6 Å². The highest BCUT2D eigenvalue weighted by Crippen LogP contribution is 2.46. The molecule has 0 aromatic carbocycles. The summed E-state index contributed by atoms with van der Waals surface area (Å²) in [5.41, 5.74) is 0. The zero-order valence-corrected chi connectivity index (χ0v) is 10.2. The van der Waals surface area contributed by atoms with Crippen molar-refractivity contribution in [1.29, 1.82) is 0 Å². The van der Waals surface area contributed by atoms with Crippen LogP contribution >= 0.6 is 7.82 Å². The Labute approximate surface area is 91.6 Å². The van der Waals surface area contributed by atoms with Crippen LogP contribution < -0.4 is 0 Å². The van der Waals surface area contributed by atoms with E-state index in [0.717, 1.165) is 44.9 Å². The molecule has 0 aliphatic carbocycles. The van der Waals surface area contributed by atoms with Gasteiger partial charge in [-0.3, -0.25) is 9.05 Å². The fraction of sp³-hybridized carbons (Fsp3) is 1.00.